The highest BCUT2D eigenvalue weighted by molar-refractivity contribution is 5.84. The van der Waals surface area contributed by atoms with E-state index in [0.717, 1.165) is 29.9 Å². The van der Waals surface area contributed by atoms with E-state index in [1.54, 1.807) is 19.0 Å². The van der Waals surface area contributed by atoms with Crippen molar-refractivity contribution in [1.82, 2.24) is 15.5 Å². The molecule has 0 heterocycles. The van der Waals surface area contributed by atoms with E-state index in [9.17, 15) is 4.79 Å². The first-order valence-electron chi connectivity index (χ1n) is 10.0. The number of carbonyl (C=O) groups excluding carboxylic acids is 1. The Morgan fingerprint density at radius 3 is 2.43 bits per heavy atom. The Hall–Kier alpha value is -2.44. The van der Waals surface area contributed by atoms with E-state index < -0.39 is 0 Å². The number of rotatable bonds is 11. The predicted molar refractivity (Wildman–Crippen MR) is 114 cm³/mol. The topological polar surface area (TPSA) is 75.2 Å². The summed E-state index contributed by atoms with van der Waals surface area (Å²) in [6, 6.07) is 6.29. The largest absolute Gasteiger partial charge is 0.490 e. The molecule has 158 valence electrons. The fourth-order valence-corrected chi connectivity index (χ4v) is 2.35. The Balaban J connectivity index is 2.72. The number of ether oxygens (including phenoxy) is 2. The molecule has 0 fully saturated rings. The molecule has 0 aromatic heterocycles. The zero-order valence-corrected chi connectivity index (χ0v) is 18.2. The normalized spacial score (nSPS) is 12.3. The number of aliphatic imine (C=N–C) groups is 1. The number of amides is 1. The number of carbonyl (C=O) groups is 1. The van der Waals surface area contributed by atoms with Crippen LogP contribution in [0.5, 0.6) is 11.5 Å². The molecule has 0 bridgehead atoms. The average molecular weight is 393 g/mol. The molecule has 1 rings (SSSR count). The van der Waals surface area contributed by atoms with Crippen LogP contribution in [0.4, 0.5) is 0 Å². The summed E-state index contributed by atoms with van der Waals surface area (Å²) in [6.45, 7) is 10.1. The van der Waals surface area contributed by atoms with Crippen molar-refractivity contribution in [3.8, 4) is 11.5 Å². The van der Waals surface area contributed by atoms with Crippen molar-refractivity contribution >= 4 is 11.9 Å². The second-order valence-corrected chi connectivity index (χ2v) is 6.73. The second-order valence-electron chi connectivity index (χ2n) is 6.73. The van der Waals surface area contributed by atoms with Gasteiger partial charge in [-0.2, -0.15) is 0 Å². The first-order chi connectivity index (χ1) is 13.4. The Morgan fingerprint density at radius 2 is 1.82 bits per heavy atom. The van der Waals surface area contributed by atoms with Crippen LogP contribution in [-0.2, 0) is 11.2 Å². The molecule has 1 aromatic carbocycles. The number of hydrogen-bond donors (Lipinski definition) is 2. The summed E-state index contributed by atoms with van der Waals surface area (Å²) in [5, 5.41) is 6.64. The highest BCUT2D eigenvalue weighted by atomic mass is 16.5. The fourth-order valence-electron chi connectivity index (χ4n) is 2.35. The van der Waals surface area contributed by atoms with Crippen molar-refractivity contribution in [2.45, 2.75) is 46.6 Å². The van der Waals surface area contributed by atoms with Gasteiger partial charge in [-0.15, -0.1) is 0 Å². The first kappa shape index (κ1) is 23.6. The van der Waals surface area contributed by atoms with E-state index in [0.29, 0.717) is 25.7 Å². The summed E-state index contributed by atoms with van der Waals surface area (Å²) in [7, 11) is 3.46. The van der Waals surface area contributed by atoms with Crippen LogP contribution in [-0.4, -0.2) is 63.2 Å². The quantitative estimate of drug-likeness (QED) is 0.447. The summed E-state index contributed by atoms with van der Waals surface area (Å²) >= 11 is 0. The Kier molecular flexibility index (Phi) is 10.8. The van der Waals surface area contributed by atoms with Crippen LogP contribution < -0.4 is 20.1 Å². The van der Waals surface area contributed by atoms with Crippen molar-refractivity contribution < 1.29 is 14.3 Å². The minimum absolute atomic E-state index is 0.0295. The predicted octanol–water partition coefficient (Wildman–Crippen LogP) is 2.45. The van der Waals surface area contributed by atoms with Crippen LogP contribution >= 0.6 is 0 Å². The summed E-state index contributed by atoms with van der Waals surface area (Å²) in [5.41, 5.74) is 1.15. The van der Waals surface area contributed by atoms with Crippen molar-refractivity contribution in [2.75, 3.05) is 40.4 Å². The van der Waals surface area contributed by atoms with E-state index in [1.165, 1.54) is 0 Å². The van der Waals surface area contributed by atoms with E-state index >= 15 is 0 Å². The Bertz CT molecular complexity index is 632. The van der Waals surface area contributed by atoms with Gasteiger partial charge in [-0.05, 0) is 51.3 Å². The zero-order chi connectivity index (χ0) is 20.9. The molecule has 0 spiro atoms. The Morgan fingerprint density at radius 1 is 1.14 bits per heavy atom. The van der Waals surface area contributed by atoms with Crippen LogP contribution in [0, 0.1) is 0 Å². The third-order valence-electron chi connectivity index (χ3n) is 4.18. The van der Waals surface area contributed by atoms with Crippen LogP contribution in [0.1, 0.15) is 39.7 Å². The molecule has 1 unspecified atom stereocenters. The number of nitrogens with zero attached hydrogens (tertiary/aromatic N) is 2. The minimum atomic E-state index is -0.0295. The van der Waals surface area contributed by atoms with E-state index in [2.05, 4.69) is 29.5 Å². The molecule has 0 saturated heterocycles. The zero-order valence-electron chi connectivity index (χ0n) is 18.2. The van der Waals surface area contributed by atoms with Crippen molar-refractivity contribution in [2.24, 2.45) is 4.99 Å². The smallest absolute Gasteiger partial charge is 0.243 e. The van der Waals surface area contributed by atoms with E-state index in [4.69, 9.17) is 9.47 Å². The molecule has 0 radical (unpaired) electrons. The molecule has 1 amide bonds. The molecule has 2 N–H and O–H groups in total. The van der Waals surface area contributed by atoms with Crippen LogP contribution in [0.2, 0.25) is 0 Å². The molecular formula is C21H36N4O3. The molecule has 1 atom stereocenters. The third kappa shape index (κ3) is 8.50. The summed E-state index contributed by atoms with van der Waals surface area (Å²) in [4.78, 5) is 17.8. The lowest BCUT2D eigenvalue weighted by atomic mass is 10.1. The molecule has 1 aromatic rings. The number of benzene rings is 1. The van der Waals surface area contributed by atoms with Gasteiger partial charge in [0, 0.05) is 26.7 Å². The standard InChI is InChI=1S/C21H36N4O3/c1-7-16(4)24-21(23-15-20(26)25(5)6)22-13-12-17-10-11-18(27-8-2)19(14-17)28-9-3/h10-11,14,16H,7-9,12-13,15H2,1-6H3,(H2,22,23,24). The Labute approximate surface area is 169 Å². The van der Waals surface area contributed by atoms with Gasteiger partial charge in [-0.3, -0.25) is 4.79 Å². The van der Waals surface area contributed by atoms with Gasteiger partial charge in [0.05, 0.1) is 13.2 Å². The maximum Gasteiger partial charge on any atom is 0.243 e. The molecule has 0 aliphatic rings. The third-order valence-corrected chi connectivity index (χ3v) is 4.18. The average Bonchev–Trinajstić information content (AvgIpc) is 2.67. The molecule has 0 saturated carbocycles. The molecule has 0 aliphatic carbocycles. The maximum absolute atomic E-state index is 11.8. The van der Waals surface area contributed by atoms with Gasteiger partial charge in [0.25, 0.3) is 0 Å². The lowest BCUT2D eigenvalue weighted by molar-refractivity contribution is -0.127. The number of likely N-dealkylation sites (N-methyl/N-ethyl adjacent to an activating group) is 1. The van der Waals surface area contributed by atoms with Crippen molar-refractivity contribution in [1.29, 1.82) is 0 Å². The lowest BCUT2D eigenvalue weighted by Crippen LogP contribution is -2.43. The highest BCUT2D eigenvalue weighted by Crippen LogP contribution is 2.28. The van der Waals surface area contributed by atoms with Gasteiger partial charge in [-0.1, -0.05) is 13.0 Å². The molecule has 0 aliphatic heterocycles. The molecule has 7 nitrogen and oxygen atoms in total. The maximum atomic E-state index is 11.8. The van der Waals surface area contributed by atoms with Gasteiger partial charge in [0.15, 0.2) is 17.5 Å². The van der Waals surface area contributed by atoms with Crippen LogP contribution in [0.15, 0.2) is 23.2 Å². The van der Waals surface area contributed by atoms with Gasteiger partial charge in [0.2, 0.25) is 5.91 Å². The van der Waals surface area contributed by atoms with Gasteiger partial charge in [0.1, 0.15) is 6.54 Å². The highest BCUT2D eigenvalue weighted by Gasteiger charge is 2.09. The SMILES string of the molecule is CCOc1ccc(CCNC(=NCC(=O)N(C)C)NC(C)CC)cc1OCC. The minimum Gasteiger partial charge on any atom is -0.490 e. The van der Waals surface area contributed by atoms with Crippen molar-refractivity contribution in [3.63, 3.8) is 0 Å². The molecule has 7 heteroatoms. The monoisotopic (exact) mass is 392 g/mol. The lowest BCUT2D eigenvalue weighted by Gasteiger charge is -2.18. The second kappa shape index (κ2) is 12.9. The van der Waals surface area contributed by atoms with Gasteiger partial charge in [-0.25, -0.2) is 4.99 Å². The van der Waals surface area contributed by atoms with Crippen LogP contribution in [0.3, 0.4) is 0 Å². The molecular weight excluding hydrogens is 356 g/mol. The summed E-state index contributed by atoms with van der Waals surface area (Å²) in [6.07, 6.45) is 1.77. The summed E-state index contributed by atoms with van der Waals surface area (Å²) in [5.74, 6) is 2.16. The van der Waals surface area contributed by atoms with Crippen LogP contribution in [0.25, 0.3) is 0 Å². The fraction of sp³-hybridized carbons (Fsp3) is 0.619. The summed E-state index contributed by atoms with van der Waals surface area (Å²) < 4.78 is 11.3. The van der Waals surface area contributed by atoms with E-state index in [-0.39, 0.29) is 18.5 Å². The first-order valence-corrected chi connectivity index (χ1v) is 10.0. The van der Waals surface area contributed by atoms with Gasteiger partial charge < -0.3 is 25.0 Å². The van der Waals surface area contributed by atoms with Gasteiger partial charge >= 0.3 is 0 Å². The molecule has 28 heavy (non-hydrogen) atoms. The number of hydrogen-bond acceptors (Lipinski definition) is 4. The van der Waals surface area contributed by atoms with E-state index in [1.807, 2.05) is 32.0 Å². The van der Waals surface area contributed by atoms with Crippen molar-refractivity contribution in [3.05, 3.63) is 23.8 Å². The number of nitrogens with one attached hydrogen (secondary N) is 2. The number of guanidine groups is 1.